The summed E-state index contributed by atoms with van der Waals surface area (Å²) >= 11 is 0. The second-order valence-electron chi connectivity index (χ2n) is 13.3. The van der Waals surface area contributed by atoms with Crippen LogP contribution >= 0.6 is 0 Å². The van der Waals surface area contributed by atoms with Crippen LogP contribution in [0.5, 0.6) is 0 Å². The highest BCUT2D eigenvalue weighted by atomic mass is 16.3. The third kappa shape index (κ3) is 4.96. The van der Waals surface area contributed by atoms with E-state index in [2.05, 4.69) is 193 Å². The molecule has 10 rings (SSSR count). The molecule has 1 aromatic heterocycles. The van der Waals surface area contributed by atoms with E-state index in [0.29, 0.717) is 0 Å². The van der Waals surface area contributed by atoms with Gasteiger partial charge in [0, 0.05) is 27.4 Å². The van der Waals surface area contributed by atoms with Gasteiger partial charge in [-0.15, -0.1) is 0 Å². The second-order valence-corrected chi connectivity index (χ2v) is 13.3. The average molecular weight is 664 g/mol. The first kappa shape index (κ1) is 30.0. The van der Waals surface area contributed by atoms with Gasteiger partial charge in [0.2, 0.25) is 0 Å². The van der Waals surface area contributed by atoms with Gasteiger partial charge < -0.3 is 9.32 Å². The summed E-state index contributed by atoms with van der Waals surface area (Å²) in [4.78, 5) is 2.45. The molecule has 1 heterocycles. The molecular formula is C50H33NO. The average Bonchev–Trinajstić information content (AvgIpc) is 3.60. The minimum absolute atomic E-state index is 0.879. The molecular weight excluding hydrogens is 631 g/mol. The molecule has 0 spiro atoms. The van der Waals surface area contributed by atoms with E-state index >= 15 is 0 Å². The van der Waals surface area contributed by atoms with Crippen LogP contribution < -0.4 is 4.90 Å². The Morgan fingerprint density at radius 3 is 1.63 bits per heavy atom. The summed E-state index contributed by atoms with van der Waals surface area (Å²) in [5.74, 6) is 0. The summed E-state index contributed by atoms with van der Waals surface area (Å²) in [7, 11) is 0. The lowest BCUT2D eigenvalue weighted by Gasteiger charge is -2.30. The molecule has 0 aliphatic carbocycles. The quantitative estimate of drug-likeness (QED) is 0.165. The number of benzene rings is 9. The summed E-state index contributed by atoms with van der Waals surface area (Å²) in [5, 5.41) is 7.07. The van der Waals surface area contributed by atoms with Gasteiger partial charge in [-0.2, -0.15) is 0 Å². The number of furan rings is 1. The lowest BCUT2D eigenvalue weighted by molar-refractivity contribution is 0.669. The molecule has 0 N–H and O–H groups in total. The zero-order valence-electron chi connectivity index (χ0n) is 28.4. The van der Waals surface area contributed by atoms with Crippen molar-refractivity contribution in [3.8, 4) is 33.4 Å². The van der Waals surface area contributed by atoms with Crippen molar-refractivity contribution in [2.24, 2.45) is 0 Å². The normalized spacial score (nSPS) is 11.5. The van der Waals surface area contributed by atoms with Gasteiger partial charge in [0.1, 0.15) is 11.2 Å². The lowest BCUT2D eigenvalue weighted by Crippen LogP contribution is -2.12. The first-order valence-electron chi connectivity index (χ1n) is 17.8. The number of hydrogen-bond acceptors (Lipinski definition) is 2. The molecule has 0 aliphatic rings. The number of rotatable bonds is 6. The standard InChI is InChI=1S/C50H33NO/c1-2-16-34(17-3-1)37-19-6-7-21-39(37)41-23-8-9-24-42(41)43-25-12-14-28-47(43)51(36-30-31-50-46(33-36)45-27-13-15-29-49(45)52-50)48-32-35-18-4-5-20-38(35)40-22-10-11-26-44(40)48/h1-33H. The van der Waals surface area contributed by atoms with Crippen LogP contribution in [0.25, 0.3) is 76.9 Å². The minimum atomic E-state index is 0.879. The van der Waals surface area contributed by atoms with Crippen molar-refractivity contribution in [3.05, 3.63) is 200 Å². The third-order valence-electron chi connectivity index (χ3n) is 10.3. The number of hydrogen-bond donors (Lipinski definition) is 0. The third-order valence-corrected chi connectivity index (χ3v) is 10.3. The molecule has 0 aliphatic heterocycles. The van der Waals surface area contributed by atoms with Crippen molar-refractivity contribution in [3.63, 3.8) is 0 Å². The fourth-order valence-corrected chi connectivity index (χ4v) is 7.92. The molecule has 0 atom stereocenters. The van der Waals surface area contributed by atoms with Crippen molar-refractivity contribution in [1.29, 1.82) is 0 Å². The van der Waals surface area contributed by atoms with E-state index in [1.165, 1.54) is 49.4 Å². The van der Waals surface area contributed by atoms with Gasteiger partial charge in [-0.3, -0.25) is 0 Å². The van der Waals surface area contributed by atoms with Gasteiger partial charge in [-0.25, -0.2) is 0 Å². The molecule has 2 heteroatoms. The maximum atomic E-state index is 6.31. The van der Waals surface area contributed by atoms with Crippen molar-refractivity contribution in [1.82, 2.24) is 0 Å². The van der Waals surface area contributed by atoms with E-state index in [-0.39, 0.29) is 0 Å². The van der Waals surface area contributed by atoms with E-state index < -0.39 is 0 Å². The highest BCUT2D eigenvalue weighted by molar-refractivity contribution is 6.16. The van der Waals surface area contributed by atoms with E-state index in [0.717, 1.165) is 44.6 Å². The smallest absolute Gasteiger partial charge is 0.135 e. The van der Waals surface area contributed by atoms with E-state index in [1.807, 2.05) is 12.1 Å². The highest BCUT2D eigenvalue weighted by Crippen LogP contribution is 2.48. The van der Waals surface area contributed by atoms with Gasteiger partial charge in [0.15, 0.2) is 0 Å². The summed E-state index contributed by atoms with van der Waals surface area (Å²) in [5.41, 5.74) is 12.2. The predicted molar refractivity (Wildman–Crippen MR) is 220 cm³/mol. The molecule has 52 heavy (non-hydrogen) atoms. The summed E-state index contributed by atoms with van der Waals surface area (Å²) < 4.78 is 6.31. The van der Waals surface area contributed by atoms with Gasteiger partial charge >= 0.3 is 0 Å². The Kier molecular flexibility index (Phi) is 7.18. The van der Waals surface area contributed by atoms with E-state index in [4.69, 9.17) is 4.42 Å². The maximum Gasteiger partial charge on any atom is 0.135 e. The molecule has 0 saturated heterocycles. The largest absolute Gasteiger partial charge is 0.456 e. The van der Waals surface area contributed by atoms with Crippen molar-refractivity contribution in [2.45, 2.75) is 0 Å². The van der Waals surface area contributed by atoms with Crippen LogP contribution in [0.3, 0.4) is 0 Å². The summed E-state index contributed by atoms with van der Waals surface area (Å²) in [6.07, 6.45) is 0. The maximum absolute atomic E-state index is 6.31. The first-order valence-corrected chi connectivity index (χ1v) is 17.8. The predicted octanol–water partition coefficient (Wildman–Crippen LogP) is 14.4. The fourth-order valence-electron chi connectivity index (χ4n) is 7.92. The Balaban J connectivity index is 1.26. The molecule has 0 amide bonds. The van der Waals surface area contributed by atoms with E-state index in [1.54, 1.807) is 0 Å². The number of nitrogens with zero attached hydrogens (tertiary/aromatic N) is 1. The molecule has 0 fully saturated rings. The van der Waals surface area contributed by atoms with Crippen LogP contribution in [0.15, 0.2) is 205 Å². The van der Waals surface area contributed by atoms with Crippen LogP contribution in [-0.2, 0) is 0 Å². The van der Waals surface area contributed by atoms with Gasteiger partial charge in [-0.1, -0.05) is 164 Å². The van der Waals surface area contributed by atoms with E-state index in [9.17, 15) is 0 Å². The van der Waals surface area contributed by atoms with Crippen LogP contribution in [0.2, 0.25) is 0 Å². The van der Waals surface area contributed by atoms with Crippen LogP contribution in [0.1, 0.15) is 0 Å². The van der Waals surface area contributed by atoms with Gasteiger partial charge in [0.25, 0.3) is 0 Å². The molecule has 0 saturated carbocycles. The molecule has 0 unspecified atom stereocenters. The van der Waals surface area contributed by atoms with Gasteiger partial charge in [-0.05, 0) is 80.4 Å². The Labute approximate surface area is 302 Å². The monoisotopic (exact) mass is 663 g/mol. The van der Waals surface area contributed by atoms with Crippen molar-refractivity contribution in [2.75, 3.05) is 4.90 Å². The molecule has 10 aromatic rings. The number of anilines is 3. The lowest BCUT2D eigenvalue weighted by atomic mass is 9.88. The minimum Gasteiger partial charge on any atom is -0.456 e. The first-order chi connectivity index (χ1) is 25.8. The Bertz CT molecular complexity index is 2920. The zero-order chi connectivity index (χ0) is 34.4. The second kappa shape index (κ2) is 12.5. The highest BCUT2D eigenvalue weighted by Gasteiger charge is 2.23. The summed E-state index contributed by atoms with van der Waals surface area (Å²) in [6, 6.07) is 71.8. The molecule has 9 aromatic carbocycles. The van der Waals surface area contributed by atoms with Crippen LogP contribution in [0, 0.1) is 0 Å². The Morgan fingerprint density at radius 1 is 0.308 bits per heavy atom. The number of para-hydroxylation sites is 2. The molecule has 2 nitrogen and oxygen atoms in total. The van der Waals surface area contributed by atoms with Crippen LogP contribution in [-0.4, -0.2) is 0 Å². The molecule has 0 bridgehead atoms. The van der Waals surface area contributed by atoms with Crippen LogP contribution in [0.4, 0.5) is 17.1 Å². The zero-order valence-corrected chi connectivity index (χ0v) is 28.4. The Hall–Kier alpha value is -6.90. The molecule has 244 valence electrons. The SMILES string of the molecule is c1ccc(-c2ccccc2-c2ccccc2-c2ccccc2N(c2ccc3oc4ccccc4c3c2)c2cc3ccccc3c3ccccc23)cc1. The molecule has 0 radical (unpaired) electrons. The topological polar surface area (TPSA) is 16.4 Å². The fraction of sp³-hybridized carbons (Fsp3) is 0. The number of fused-ring (bicyclic) bond motifs is 6. The van der Waals surface area contributed by atoms with Gasteiger partial charge in [0.05, 0.1) is 11.4 Å². The summed E-state index contributed by atoms with van der Waals surface area (Å²) in [6.45, 7) is 0. The van der Waals surface area contributed by atoms with Crippen molar-refractivity contribution < 1.29 is 4.42 Å². The Morgan fingerprint density at radius 2 is 0.846 bits per heavy atom. The van der Waals surface area contributed by atoms with Crippen molar-refractivity contribution >= 4 is 60.5 Å².